The van der Waals surface area contributed by atoms with Gasteiger partial charge in [0.1, 0.15) is 12.4 Å². The number of allylic oxidation sites excluding steroid dienone is 2. The Morgan fingerprint density at radius 3 is 2.69 bits per heavy atom. The smallest absolute Gasteiger partial charge is 0.164 e. The maximum atomic E-state index is 12.4. The second kappa shape index (κ2) is 12.6. The molecule has 0 unspecified atom stereocenters. The zero-order valence-electron chi connectivity index (χ0n) is 16.5. The Balaban J connectivity index is 2.59. The highest BCUT2D eigenvalue weighted by atomic mass is 32.2. The second-order valence-electron chi connectivity index (χ2n) is 6.40. The number of ketones is 1. The molecule has 142 valence electrons. The Labute approximate surface area is 162 Å². The summed E-state index contributed by atoms with van der Waals surface area (Å²) in [4.78, 5) is 15.6. The molecule has 4 heteroatoms. The van der Waals surface area contributed by atoms with Crippen LogP contribution in [0.3, 0.4) is 0 Å². The summed E-state index contributed by atoms with van der Waals surface area (Å²) >= 11 is 1.58. The lowest BCUT2D eigenvalue weighted by Crippen LogP contribution is -2.17. The van der Waals surface area contributed by atoms with E-state index in [-0.39, 0.29) is 5.78 Å². The molecule has 0 aliphatic carbocycles. The van der Waals surface area contributed by atoms with Crippen LogP contribution in [0.2, 0.25) is 0 Å². The van der Waals surface area contributed by atoms with Crippen molar-refractivity contribution in [1.29, 1.82) is 0 Å². The van der Waals surface area contributed by atoms with Gasteiger partial charge in [-0.15, -0.1) is 18.3 Å². The molecule has 0 N–H and O–H groups in total. The lowest BCUT2D eigenvalue weighted by molar-refractivity contribution is 0.0981. The first-order chi connectivity index (χ1) is 12.5. The third kappa shape index (κ3) is 8.54. The number of rotatable bonds is 12. The summed E-state index contributed by atoms with van der Waals surface area (Å²) in [7, 11) is 2.05. The molecule has 3 nitrogen and oxygen atoms in total. The van der Waals surface area contributed by atoms with Crippen molar-refractivity contribution in [2.45, 2.75) is 31.6 Å². The minimum absolute atomic E-state index is 0.184. The van der Waals surface area contributed by atoms with Gasteiger partial charge in [-0.05, 0) is 51.8 Å². The number of Topliss-reactive ketones (excluding diaryl/α,β-unsaturated/α-hetero) is 1. The SMILES string of the molecule is C=CCN(C)C/C=C/COc1ccc(C(=O)CCC=C(C)C)c(SC)c1. The van der Waals surface area contributed by atoms with E-state index in [2.05, 4.69) is 37.5 Å². The number of hydrogen-bond donors (Lipinski definition) is 0. The molecule has 0 atom stereocenters. The summed E-state index contributed by atoms with van der Waals surface area (Å²) in [5.41, 5.74) is 2.03. The van der Waals surface area contributed by atoms with Crippen LogP contribution in [0.4, 0.5) is 0 Å². The van der Waals surface area contributed by atoms with E-state index >= 15 is 0 Å². The number of hydrogen-bond acceptors (Lipinski definition) is 4. The summed E-state index contributed by atoms with van der Waals surface area (Å²) in [6, 6.07) is 5.72. The van der Waals surface area contributed by atoms with Crippen LogP contribution in [-0.2, 0) is 0 Å². The Kier molecular flexibility index (Phi) is 10.7. The third-order valence-electron chi connectivity index (χ3n) is 3.77. The highest BCUT2D eigenvalue weighted by Gasteiger charge is 2.11. The van der Waals surface area contributed by atoms with Crippen molar-refractivity contribution < 1.29 is 9.53 Å². The molecular weight excluding hydrogens is 342 g/mol. The van der Waals surface area contributed by atoms with Crippen LogP contribution in [0.5, 0.6) is 5.75 Å². The molecule has 0 fully saturated rings. The number of carbonyl (C=O) groups excluding carboxylic acids is 1. The minimum atomic E-state index is 0.184. The van der Waals surface area contributed by atoms with E-state index in [1.54, 1.807) is 11.8 Å². The van der Waals surface area contributed by atoms with Crippen LogP contribution >= 0.6 is 11.8 Å². The molecule has 0 spiro atoms. The first kappa shape index (κ1) is 22.3. The molecule has 1 aromatic rings. The van der Waals surface area contributed by atoms with Gasteiger partial charge in [0, 0.05) is 30.0 Å². The van der Waals surface area contributed by atoms with Gasteiger partial charge in [-0.3, -0.25) is 9.69 Å². The molecule has 0 heterocycles. The normalized spacial score (nSPS) is 11.0. The number of carbonyl (C=O) groups is 1. The van der Waals surface area contributed by atoms with Gasteiger partial charge in [-0.2, -0.15) is 0 Å². The van der Waals surface area contributed by atoms with Crippen LogP contribution in [0, 0.1) is 0 Å². The average Bonchev–Trinajstić information content (AvgIpc) is 2.61. The topological polar surface area (TPSA) is 29.5 Å². The first-order valence-corrected chi connectivity index (χ1v) is 10.1. The quantitative estimate of drug-likeness (QED) is 0.279. The zero-order valence-corrected chi connectivity index (χ0v) is 17.3. The first-order valence-electron chi connectivity index (χ1n) is 8.89. The van der Waals surface area contributed by atoms with Crippen LogP contribution in [-0.4, -0.2) is 43.7 Å². The summed E-state index contributed by atoms with van der Waals surface area (Å²) in [5, 5.41) is 0. The van der Waals surface area contributed by atoms with E-state index in [1.807, 2.05) is 43.7 Å². The highest BCUT2D eigenvalue weighted by Crippen LogP contribution is 2.27. The molecule has 26 heavy (non-hydrogen) atoms. The summed E-state index contributed by atoms with van der Waals surface area (Å²) in [6.45, 7) is 10.1. The molecule has 0 saturated heterocycles. The van der Waals surface area contributed by atoms with E-state index in [1.165, 1.54) is 5.57 Å². The fourth-order valence-corrected chi connectivity index (χ4v) is 3.02. The van der Waals surface area contributed by atoms with Gasteiger partial charge in [0.2, 0.25) is 0 Å². The molecule has 0 aliphatic rings. The molecule has 0 bridgehead atoms. The van der Waals surface area contributed by atoms with Gasteiger partial charge in [0.15, 0.2) is 5.78 Å². The van der Waals surface area contributed by atoms with Crippen LogP contribution in [0.15, 0.2) is 59.6 Å². The lowest BCUT2D eigenvalue weighted by Gasteiger charge is -2.11. The minimum Gasteiger partial charge on any atom is -0.490 e. The number of likely N-dealkylation sites (N-methyl/N-ethyl adjacent to an activating group) is 1. The van der Waals surface area contributed by atoms with Gasteiger partial charge < -0.3 is 4.74 Å². The predicted octanol–water partition coefficient (Wildman–Crippen LogP) is 5.39. The number of benzene rings is 1. The summed E-state index contributed by atoms with van der Waals surface area (Å²) in [5.74, 6) is 0.975. The fourth-order valence-electron chi connectivity index (χ4n) is 2.38. The van der Waals surface area contributed by atoms with Gasteiger partial charge in [0.05, 0.1) is 0 Å². The second-order valence-corrected chi connectivity index (χ2v) is 7.25. The standard InChI is InChI=1S/C22H31NO2S/c1-6-14-23(4)15-7-8-16-25-19-12-13-20(22(17-19)26-5)21(24)11-9-10-18(2)3/h6-8,10,12-13,17H,1,9,11,14-16H2,2-5H3/b8-7+. The average molecular weight is 374 g/mol. The molecule has 1 aromatic carbocycles. The molecule has 0 saturated carbocycles. The molecule has 1 rings (SSSR count). The van der Waals surface area contributed by atoms with E-state index < -0.39 is 0 Å². The van der Waals surface area contributed by atoms with Gasteiger partial charge in [-0.1, -0.05) is 29.9 Å². The maximum absolute atomic E-state index is 12.4. The van der Waals surface area contributed by atoms with Crippen molar-refractivity contribution in [2.75, 3.05) is 33.0 Å². The number of ether oxygens (including phenoxy) is 1. The molecule has 0 aromatic heterocycles. The van der Waals surface area contributed by atoms with E-state index in [0.717, 1.165) is 35.7 Å². The summed E-state index contributed by atoms with van der Waals surface area (Å²) in [6.07, 6.45) is 11.4. The van der Waals surface area contributed by atoms with E-state index in [0.29, 0.717) is 13.0 Å². The molecule has 0 radical (unpaired) electrons. The lowest BCUT2D eigenvalue weighted by atomic mass is 10.1. The molecule has 0 aliphatic heterocycles. The van der Waals surface area contributed by atoms with Crippen LogP contribution in [0.25, 0.3) is 0 Å². The molecular formula is C22H31NO2S. The van der Waals surface area contributed by atoms with Gasteiger partial charge in [0.25, 0.3) is 0 Å². The van der Waals surface area contributed by atoms with Crippen LogP contribution < -0.4 is 4.74 Å². The Bertz CT molecular complexity index is 646. The Hall–Kier alpha value is -1.78. The van der Waals surface area contributed by atoms with Crippen molar-refractivity contribution >= 4 is 17.5 Å². The maximum Gasteiger partial charge on any atom is 0.164 e. The molecule has 0 amide bonds. The van der Waals surface area contributed by atoms with Crippen molar-refractivity contribution in [3.63, 3.8) is 0 Å². The van der Waals surface area contributed by atoms with Crippen molar-refractivity contribution in [3.05, 3.63) is 60.2 Å². The van der Waals surface area contributed by atoms with Gasteiger partial charge in [-0.25, -0.2) is 0 Å². The van der Waals surface area contributed by atoms with E-state index in [4.69, 9.17) is 4.74 Å². The third-order valence-corrected chi connectivity index (χ3v) is 4.55. The van der Waals surface area contributed by atoms with E-state index in [9.17, 15) is 4.79 Å². The largest absolute Gasteiger partial charge is 0.490 e. The van der Waals surface area contributed by atoms with Crippen LogP contribution in [0.1, 0.15) is 37.0 Å². The fraction of sp³-hybridized carbons (Fsp3) is 0.409. The highest BCUT2D eigenvalue weighted by molar-refractivity contribution is 7.98. The van der Waals surface area contributed by atoms with Crippen molar-refractivity contribution in [1.82, 2.24) is 4.90 Å². The Morgan fingerprint density at radius 2 is 2.04 bits per heavy atom. The van der Waals surface area contributed by atoms with Gasteiger partial charge >= 0.3 is 0 Å². The predicted molar refractivity (Wildman–Crippen MR) is 114 cm³/mol. The van der Waals surface area contributed by atoms with Crippen molar-refractivity contribution in [2.24, 2.45) is 0 Å². The van der Waals surface area contributed by atoms with Crippen molar-refractivity contribution in [3.8, 4) is 5.75 Å². The summed E-state index contributed by atoms with van der Waals surface area (Å²) < 4.78 is 5.78. The number of thioether (sulfide) groups is 1. The Morgan fingerprint density at radius 1 is 1.27 bits per heavy atom. The monoisotopic (exact) mass is 373 g/mol. The zero-order chi connectivity index (χ0) is 19.4. The number of nitrogens with zero attached hydrogens (tertiary/aromatic N) is 1.